The first-order valence-electron chi connectivity index (χ1n) is 10.2. The SMILES string of the molecule is CC(C)[C@H](O)C(=O)N[C@H]1C[C@@H](C)C[C@H]([C@@H]2c3nccnc3C(C#N)=CC2C)C1. The molecule has 1 aromatic rings. The van der Waals surface area contributed by atoms with Gasteiger partial charge in [-0.25, -0.2) is 0 Å². The van der Waals surface area contributed by atoms with Crippen LogP contribution in [-0.2, 0) is 4.79 Å². The Morgan fingerprint density at radius 3 is 2.64 bits per heavy atom. The van der Waals surface area contributed by atoms with Crippen molar-refractivity contribution in [1.29, 1.82) is 5.26 Å². The highest BCUT2D eigenvalue weighted by Crippen LogP contribution is 2.46. The number of fused-ring (bicyclic) bond motifs is 1. The molecule has 1 fully saturated rings. The van der Waals surface area contributed by atoms with E-state index in [0.717, 1.165) is 25.0 Å². The van der Waals surface area contributed by atoms with E-state index >= 15 is 0 Å². The van der Waals surface area contributed by atoms with Crippen LogP contribution < -0.4 is 5.32 Å². The third-order valence-electron chi connectivity index (χ3n) is 6.15. The van der Waals surface area contributed by atoms with E-state index in [2.05, 4.69) is 35.2 Å². The molecular formula is C22H30N4O2. The van der Waals surface area contributed by atoms with E-state index in [1.807, 2.05) is 19.9 Å². The van der Waals surface area contributed by atoms with Crippen molar-refractivity contribution in [3.63, 3.8) is 0 Å². The average Bonchev–Trinajstić information content (AvgIpc) is 2.65. The maximum absolute atomic E-state index is 12.4. The molecule has 1 heterocycles. The average molecular weight is 383 g/mol. The lowest BCUT2D eigenvalue weighted by Gasteiger charge is -2.41. The smallest absolute Gasteiger partial charge is 0.249 e. The van der Waals surface area contributed by atoms with Crippen LogP contribution in [0.1, 0.15) is 64.3 Å². The van der Waals surface area contributed by atoms with Crippen molar-refractivity contribution < 1.29 is 9.90 Å². The van der Waals surface area contributed by atoms with Crippen molar-refractivity contribution in [2.75, 3.05) is 0 Å². The third-order valence-corrected chi connectivity index (χ3v) is 6.15. The van der Waals surface area contributed by atoms with Crippen LogP contribution in [0.5, 0.6) is 0 Å². The molecule has 1 aromatic heterocycles. The Labute approximate surface area is 167 Å². The molecule has 0 aliphatic heterocycles. The largest absolute Gasteiger partial charge is 0.383 e. The molecular weight excluding hydrogens is 352 g/mol. The summed E-state index contributed by atoms with van der Waals surface area (Å²) in [7, 11) is 0. The van der Waals surface area contributed by atoms with Crippen LogP contribution in [0.2, 0.25) is 0 Å². The summed E-state index contributed by atoms with van der Waals surface area (Å²) in [4.78, 5) is 21.4. The van der Waals surface area contributed by atoms with Crippen molar-refractivity contribution in [2.45, 2.75) is 65.0 Å². The molecule has 6 nitrogen and oxygen atoms in total. The molecule has 2 aliphatic carbocycles. The Hall–Kier alpha value is -2.26. The zero-order valence-corrected chi connectivity index (χ0v) is 17.1. The molecule has 0 radical (unpaired) electrons. The molecule has 0 saturated heterocycles. The van der Waals surface area contributed by atoms with E-state index in [4.69, 9.17) is 0 Å². The Morgan fingerprint density at radius 2 is 1.96 bits per heavy atom. The van der Waals surface area contributed by atoms with Gasteiger partial charge in [0.2, 0.25) is 5.91 Å². The van der Waals surface area contributed by atoms with Gasteiger partial charge in [0.15, 0.2) is 0 Å². The Kier molecular flexibility index (Phi) is 6.14. The van der Waals surface area contributed by atoms with E-state index in [1.165, 1.54) is 0 Å². The van der Waals surface area contributed by atoms with Crippen molar-refractivity contribution in [2.24, 2.45) is 23.7 Å². The molecule has 2 aliphatic rings. The van der Waals surface area contributed by atoms with E-state index in [1.54, 1.807) is 12.4 Å². The molecule has 2 N–H and O–H groups in total. The Morgan fingerprint density at radius 1 is 1.25 bits per heavy atom. The van der Waals surface area contributed by atoms with Gasteiger partial charge in [-0.1, -0.05) is 33.8 Å². The molecule has 0 bridgehead atoms. The van der Waals surface area contributed by atoms with Gasteiger partial charge in [0.05, 0.1) is 11.3 Å². The summed E-state index contributed by atoms with van der Waals surface area (Å²) in [6.45, 7) is 8.03. The highest BCUT2D eigenvalue weighted by atomic mass is 16.3. The number of rotatable bonds is 4. The van der Waals surface area contributed by atoms with Crippen LogP contribution in [0.3, 0.4) is 0 Å². The first-order chi connectivity index (χ1) is 13.3. The van der Waals surface area contributed by atoms with Gasteiger partial charge >= 0.3 is 0 Å². The fraction of sp³-hybridized carbons (Fsp3) is 0.636. The van der Waals surface area contributed by atoms with Crippen molar-refractivity contribution in [1.82, 2.24) is 15.3 Å². The molecule has 150 valence electrons. The van der Waals surface area contributed by atoms with Crippen LogP contribution in [0.15, 0.2) is 18.5 Å². The highest BCUT2D eigenvalue weighted by Gasteiger charge is 2.39. The van der Waals surface area contributed by atoms with E-state index < -0.39 is 6.10 Å². The predicted molar refractivity (Wildman–Crippen MR) is 107 cm³/mol. The second kappa shape index (κ2) is 8.40. The van der Waals surface area contributed by atoms with Crippen molar-refractivity contribution in [3.05, 3.63) is 29.9 Å². The summed E-state index contributed by atoms with van der Waals surface area (Å²) in [6, 6.07) is 2.30. The normalized spacial score (nSPS) is 30.8. The predicted octanol–water partition coefficient (Wildman–Crippen LogP) is 3.05. The molecule has 1 unspecified atom stereocenters. The van der Waals surface area contributed by atoms with Gasteiger partial charge < -0.3 is 10.4 Å². The lowest BCUT2D eigenvalue weighted by atomic mass is 9.66. The summed E-state index contributed by atoms with van der Waals surface area (Å²) in [5, 5.41) is 22.6. The number of aliphatic hydroxyl groups is 1. The van der Waals surface area contributed by atoms with Crippen molar-refractivity contribution in [3.8, 4) is 6.07 Å². The summed E-state index contributed by atoms with van der Waals surface area (Å²) >= 11 is 0. The van der Waals surface area contributed by atoms with Gasteiger partial charge in [-0.3, -0.25) is 14.8 Å². The number of aromatic nitrogens is 2. The fourth-order valence-corrected chi connectivity index (χ4v) is 4.89. The quantitative estimate of drug-likeness (QED) is 0.834. The number of carbonyl (C=O) groups is 1. The minimum Gasteiger partial charge on any atom is -0.383 e. The lowest BCUT2D eigenvalue weighted by Crippen LogP contribution is -2.47. The second-order valence-electron chi connectivity index (χ2n) is 8.83. The van der Waals surface area contributed by atoms with Gasteiger partial charge in [-0.15, -0.1) is 0 Å². The van der Waals surface area contributed by atoms with Gasteiger partial charge in [0.25, 0.3) is 0 Å². The Bertz CT molecular complexity index is 798. The molecule has 1 amide bonds. The zero-order chi connectivity index (χ0) is 20.4. The van der Waals surface area contributed by atoms with Crippen LogP contribution in [0.25, 0.3) is 5.57 Å². The van der Waals surface area contributed by atoms with Crippen molar-refractivity contribution >= 4 is 11.5 Å². The van der Waals surface area contributed by atoms with Gasteiger partial charge in [0, 0.05) is 24.4 Å². The minimum atomic E-state index is -0.975. The Balaban J connectivity index is 1.82. The van der Waals surface area contributed by atoms with Crippen LogP contribution in [0.4, 0.5) is 0 Å². The number of amides is 1. The third kappa shape index (κ3) is 4.10. The number of hydrogen-bond acceptors (Lipinski definition) is 5. The molecule has 3 rings (SSSR count). The van der Waals surface area contributed by atoms with Crippen LogP contribution >= 0.6 is 0 Å². The number of nitrogens with zero attached hydrogens (tertiary/aromatic N) is 3. The van der Waals surface area contributed by atoms with E-state index in [0.29, 0.717) is 23.1 Å². The van der Waals surface area contributed by atoms with Gasteiger partial charge in [-0.05, 0) is 42.9 Å². The summed E-state index contributed by atoms with van der Waals surface area (Å²) < 4.78 is 0. The number of aliphatic hydroxyl groups excluding tert-OH is 1. The van der Waals surface area contributed by atoms with Crippen LogP contribution in [0, 0.1) is 35.0 Å². The molecule has 6 atom stereocenters. The number of hydrogen-bond donors (Lipinski definition) is 2. The van der Waals surface area contributed by atoms with E-state index in [9.17, 15) is 15.2 Å². The van der Waals surface area contributed by atoms with Crippen LogP contribution in [-0.4, -0.2) is 33.1 Å². The van der Waals surface area contributed by atoms with Gasteiger partial charge in [-0.2, -0.15) is 5.26 Å². The second-order valence-corrected chi connectivity index (χ2v) is 8.83. The molecule has 28 heavy (non-hydrogen) atoms. The zero-order valence-electron chi connectivity index (χ0n) is 17.1. The maximum atomic E-state index is 12.4. The first kappa shape index (κ1) is 20.5. The minimum absolute atomic E-state index is 0.0447. The first-order valence-corrected chi connectivity index (χ1v) is 10.2. The topological polar surface area (TPSA) is 98.9 Å². The molecule has 0 spiro atoms. The monoisotopic (exact) mass is 382 g/mol. The standard InChI is InChI=1S/C22H30N4O2/c1-12(2)21(27)22(28)26-17-8-13(3)7-15(10-17)18-14(4)9-16(11-23)19-20(18)25-6-5-24-19/h5-6,9,12-15,17-18,21,27H,7-8,10H2,1-4H3,(H,26,28)/t13-,14?,15-,17-,18+,21-/m0/s1. The lowest BCUT2D eigenvalue weighted by molar-refractivity contribution is -0.132. The summed E-state index contributed by atoms with van der Waals surface area (Å²) in [5.74, 6) is 0.786. The number of allylic oxidation sites excluding steroid dienone is 2. The number of nitrogens with one attached hydrogen (secondary N) is 1. The maximum Gasteiger partial charge on any atom is 0.249 e. The number of carbonyl (C=O) groups excluding carboxylic acids is 1. The highest BCUT2D eigenvalue weighted by molar-refractivity contribution is 5.81. The van der Waals surface area contributed by atoms with E-state index in [-0.39, 0.29) is 29.7 Å². The van der Waals surface area contributed by atoms with Gasteiger partial charge in [0.1, 0.15) is 17.9 Å². The summed E-state index contributed by atoms with van der Waals surface area (Å²) in [6.07, 6.45) is 7.19. The molecule has 6 heteroatoms. The number of nitriles is 1. The molecule has 1 saturated carbocycles. The molecule has 0 aromatic carbocycles. The fourth-order valence-electron chi connectivity index (χ4n) is 4.89. The summed E-state index contributed by atoms with van der Waals surface area (Å²) in [5.41, 5.74) is 2.20.